The predicted molar refractivity (Wildman–Crippen MR) is 75.7 cm³/mol. The lowest BCUT2D eigenvalue weighted by molar-refractivity contribution is 0.103. The van der Waals surface area contributed by atoms with Gasteiger partial charge in [0.15, 0.2) is 5.78 Å². The molecule has 2 aromatic rings. The zero-order valence-corrected chi connectivity index (χ0v) is 11.4. The van der Waals surface area contributed by atoms with Gasteiger partial charge in [0.25, 0.3) is 0 Å². The molecule has 0 radical (unpaired) electrons. The average Bonchev–Trinajstić information content (AvgIpc) is 2.37. The van der Waals surface area contributed by atoms with Crippen LogP contribution >= 0.6 is 23.2 Å². The van der Waals surface area contributed by atoms with Crippen LogP contribution in [0.25, 0.3) is 0 Å². The van der Waals surface area contributed by atoms with Gasteiger partial charge in [-0.15, -0.1) is 0 Å². The Hall–Kier alpha value is -1.31. The number of carbonyl (C=O) groups excluding carboxylic acids is 1. The van der Waals surface area contributed by atoms with Gasteiger partial charge in [0.05, 0.1) is 0 Å². The summed E-state index contributed by atoms with van der Waals surface area (Å²) >= 11 is 11.8. The average molecular weight is 279 g/mol. The molecule has 0 saturated carbocycles. The smallest absolute Gasteiger partial charge is 0.193 e. The highest BCUT2D eigenvalue weighted by Gasteiger charge is 2.11. The number of benzene rings is 2. The Morgan fingerprint density at radius 2 is 1.67 bits per heavy atom. The summed E-state index contributed by atoms with van der Waals surface area (Å²) in [7, 11) is 0. The van der Waals surface area contributed by atoms with Crippen molar-refractivity contribution < 1.29 is 4.79 Å². The summed E-state index contributed by atoms with van der Waals surface area (Å²) in [5.41, 5.74) is 2.31. The maximum absolute atomic E-state index is 12.3. The first kappa shape index (κ1) is 13.1. The molecule has 0 spiro atoms. The van der Waals surface area contributed by atoms with E-state index in [-0.39, 0.29) is 5.78 Å². The molecule has 18 heavy (non-hydrogen) atoms. The zero-order chi connectivity index (χ0) is 13.1. The van der Waals surface area contributed by atoms with Crippen LogP contribution in [0.1, 0.15) is 28.4 Å². The first-order valence-electron chi connectivity index (χ1n) is 5.70. The van der Waals surface area contributed by atoms with E-state index in [2.05, 4.69) is 6.92 Å². The molecule has 0 aliphatic carbocycles. The predicted octanol–water partition coefficient (Wildman–Crippen LogP) is 4.79. The van der Waals surface area contributed by atoms with Crippen LogP contribution < -0.4 is 0 Å². The highest BCUT2D eigenvalue weighted by Crippen LogP contribution is 2.21. The maximum Gasteiger partial charge on any atom is 0.193 e. The Morgan fingerprint density at radius 1 is 1.00 bits per heavy atom. The first-order chi connectivity index (χ1) is 8.60. The fraction of sp³-hybridized carbons (Fsp3) is 0.133. The van der Waals surface area contributed by atoms with Gasteiger partial charge in [0.2, 0.25) is 0 Å². The Labute approximate surface area is 116 Å². The molecule has 0 aliphatic rings. The molecule has 2 rings (SSSR count). The molecule has 0 heterocycles. The van der Waals surface area contributed by atoms with E-state index in [4.69, 9.17) is 23.2 Å². The van der Waals surface area contributed by atoms with Crippen LogP contribution in [0.2, 0.25) is 10.0 Å². The van der Waals surface area contributed by atoms with E-state index >= 15 is 0 Å². The summed E-state index contributed by atoms with van der Waals surface area (Å²) in [5, 5.41) is 0.940. The number of carbonyl (C=O) groups is 1. The largest absolute Gasteiger partial charge is 0.289 e. The van der Waals surface area contributed by atoms with Gasteiger partial charge in [-0.1, -0.05) is 48.3 Å². The third-order valence-corrected chi connectivity index (χ3v) is 3.16. The van der Waals surface area contributed by atoms with Crippen molar-refractivity contribution in [3.05, 3.63) is 69.2 Å². The monoisotopic (exact) mass is 278 g/mol. The fourth-order valence-electron chi connectivity index (χ4n) is 1.78. The second-order valence-electron chi connectivity index (χ2n) is 4.04. The van der Waals surface area contributed by atoms with Gasteiger partial charge in [0, 0.05) is 21.2 Å². The van der Waals surface area contributed by atoms with Gasteiger partial charge >= 0.3 is 0 Å². The Morgan fingerprint density at radius 3 is 2.28 bits per heavy atom. The highest BCUT2D eigenvalue weighted by atomic mass is 35.5. The Bertz CT molecular complexity index is 571. The number of halogens is 2. The van der Waals surface area contributed by atoms with Crippen molar-refractivity contribution in [3.8, 4) is 0 Å². The number of hydrogen-bond donors (Lipinski definition) is 0. The van der Waals surface area contributed by atoms with Crippen molar-refractivity contribution in [2.24, 2.45) is 0 Å². The van der Waals surface area contributed by atoms with E-state index < -0.39 is 0 Å². The molecule has 2 aromatic carbocycles. The molecule has 1 nitrogen and oxygen atoms in total. The number of aryl methyl sites for hydroxylation is 1. The van der Waals surface area contributed by atoms with Crippen molar-refractivity contribution in [2.45, 2.75) is 13.3 Å². The minimum absolute atomic E-state index is 0.0605. The molecule has 0 aromatic heterocycles. The lowest BCUT2D eigenvalue weighted by Crippen LogP contribution is -2.02. The standard InChI is InChI=1S/C15H12Cl2O/c1-2-10-4-3-5-11(6-10)15(18)12-7-13(16)9-14(17)8-12/h3-9H,2H2,1H3. The lowest BCUT2D eigenvalue weighted by atomic mass is 10.0. The zero-order valence-electron chi connectivity index (χ0n) is 9.91. The molecule has 0 atom stereocenters. The van der Waals surface area contributed by atoms with E-state index in [1.807, 2.05) is 18.2 Å². The van der Waals surface area contributed by atoms with Crippen LogP contribution in [0.5, 0.6) is 0 Å². The summed E-state index contributed by atoms with van der Waals surface area (Å²) in [4.78, 5) is 12.3. The van der Waals surface area contributed by atoms with Crippen LogP contribution in [0.15, 0.2) is 42.5 Å². The molecule has 0 aliphatic heterocycles. The van der Waals surface area contributed by atoms with E-state index in [1.165, 1.54) is 0 Å². The quantitative estimate of drug-likeness (QED) is 0.738. The number of rotatable bonds is 3. The minimum Gasteiger partial charge on any atom is -0.289 e. The summed E-state index contributed by atoms with van der Waals surface area (Å²) in [5.74, 6) is -0.0605. The maximum atomic E-state index is 12.3. The SMILES string of the molecule is CCc1cccc(C(=O)c2cc(Cl)cc(Cl)c2)c1. The number of hydrogen-bond acceptors (Lipinski definition) is 1. The Kier molecular flexibility index (Phi) is 4.05. The molecular weight excluding hydrogens is 267 g/mol. The Balaban J connectivity index is 2.41. The first-order valence-corrected chi connectivity index (χ1v) is 6.45. The molecular formula is C15H12Cl2O. The van der Waals surface area contributed by atoms with Crippen molar-refractivity contribution in [1.82, 2.24) is 0 Å². The molecule has 0 fully saturated rings. The van der Waals surface area contributed by atoms with Gasteiger partial charge in [-0.2, -0.15) is 0 Å². The molecule has 0 bridgehead atoms. The molecule has 3 heteroatoms. The van der Waals surface area contributed by atoms with E-state index in [9.17, 15) is 4.79 Å². The fourth-order valence-corrected chi connectivity index (χ4v) is 2.31. The summed E-state index contributed by atoms with van der Waals surface area (Å²) < 4.78 is 0. The molecule has 92 valence electrons. The minimum atomic E-state index is -0.0605. The van der Waals surface area contributed by atoms with Crippen molar-refractivity contribution in [3.63, 3.8) is 0 Å². The summed E-state index contributed by atoms with van der Waals surface area (Å²) in [6.07, 6.45) is 0.900. The number of ketones is 1. The van der Waals surface area contributed by atoms with Gasteiger partial charge in [-0.3, -0.25) is 4.79 Å². The van der Waals surface area contributed by atoms with Crippen LogP contribution in [0.3, 0.4) is 0 Å². The van der Waals surface area contributed by atoms with Crippen LogP contribution in [0.4, 0.5) is 0 Å². The van der Waals surface area contributed by atoms with Gasteiger partial charge in [0.1, 0.15) is 0 Å². The second kappa shape index (κ2) is 5.55. The molecule has 0 amide bonds. The second-order valence-corrected chi connectivity index (χ2v) is 4.91. The van der Waals surface area contributed by atoms with Crippen LogP contribution in [-0.2, 0) is 6.42 Å². The van der Waals surface area contributed by atoms with E-state index in [0.29, 0.717) is 21.2 Å². The summed E-state index contributed by atoms with van der Waals surface area (Å²) in [6.45, 7) is 2.06. The highest BCUT2D eigenvalue weighted by molar-refractivity contribution is 6.35. The summed E-state index contributed by atoms with van der Waals surface area (Å²) in [6, 6.07) is 12.5. The van der Waals surface area contributed by atoms with Crippen molar-refractivity contribution in [1.29, 1.82) is 0 Å². The topological polar surface area (TPSA) is 17.1 Å². The van der Waals surface area contributed by atoms with Gasteiger partial charge < -0.3 is 0 Å². The van der Waals surface area contributed by atoms with Crippen molar-refractivity contribution in [2.75, 3.05) is 0 Å². The normalized spacial score (nSPS) is 10.4. The van der Waals surface area contributed by atoms with Gasteiger partial charge in [-0.25, -0.2) is 0 Å². The molecule has 0 unspecified atom stereocenters. The third kappa shape index (κ3) is 2.92. The van der Waals surface area contributed by atoms with Crippen LogP contribution in [0, 0.1) is 0 Å². The van der Waals surface area contributed by atoms with E-state index in [1.54, 1.807) is 24.3 Å². The van der Waals surface area contributed by atoms with Crippen LogP contribution in [-0.4, -0.2) is 5.78 Å². The molecule has 0 saturated heterocycles. The van der Waals surface area contributed by atoms with Crippen molar-refractivity contribution >= 4 is 29.0 Å². The molecule has 0 N–H and O–H groups in total. The lowest BCUT2D eigenvalue weighted by Gasteiger charge is -2.04. The van der Waals surface area contributed by atoms with E-state index in [0.717, 1.165) is 12.0 Å². The van der Waals surface area contributed by atoms with Gasteiger partial charge in [-0.05, 0) is 36.2 Å². The third-order valence-electron chi connectivity index (χ3n) is 2.72.